The molecule has 1 N–H and O–H groups in total. The summed E-state index contributed by atoms with van der Waals surface area (Å²) in [6.07, 6.45) is 2.12. The second-order valence-corrected chi connectivity index (χ2v) is 7.38. The van der Waals surface area contributed by atoms with Gasteiger partial charge in [0.2, 0.25) is 5.43 Å². The van der Waals surface area contributed by atoms with Crippen LogP contribution in [-0.2, 0) is 10.3 Å². The molecule has 25 heavy (non-hydrogen) atoms. The van der Waals surface area contributed by atoms with E-state index in [2.05, 4.69) is 15.9 Å². The second-order valence-electron chi connectivity index (χ2n) is 6.52. The van der Waals surface area contributed by atoms with Crippen molar-refractivity contribution in [2.75, 3.05) is 33.9 Å². The van der Waals surface area contributed by atoms with Crippen LogP contribution in [0.2, 0.25) is 0 Å². The number of hydrogen-bond acceptors (Lipinski definition) is 6. The highest BCUT2D eigenvalue weighted by molar-refractivity contribution is 9.10. The van der Waals surface area contributed by atoms with Crippen LogP contribution in [0.4, 0.5) is 0 Å². The first-order valence-electron chi connectivity index (χ1n) is 8.20. The number of amides is 1. The summed E-state index contributed by atoms with van der Waals surface area (Å²) in [5, 5.41) is 13.6. The highest BCUT2D eigenvalue weighted by atomic mass is 79.9. The first-order valence-corrected chi connectivity index (χ1v) is 8.99. The predicted molar refractivity (Wildman–Crippen MR) is 93.5 cm³/mol. The summed E-state index contributed by atoms with van der Waals surface area (Å²) in [7, 11) is 3.33. The lowest BCUT2D eigenvalue weighted by Crippen LogP contribution is -2.71. The molecule has 2 aliphatic rings. The maximum absolute atomic E-state index is 13.0. The number of pyridine rings is 1. The number of aromatic nitrogens is 1. The first-order chi connectivity index (χ1) is 11.8. The average molecular weight is 416 g/mol. The molecule has 0 bridgehead atoms. The van der Waals surface area contributed by atoms with Gasteiger partial charge in [-0.25, -0.2) is 10.0 Å². The summed E-state index contributed by atoms with van der Waals surface area (Å²) in [5.74, 6) is -0.469. The molecule has 1 unspecified atom stereocenters. The number of aliphatic hydroxyl groups is 1. The van der Waals surface area contributed by atoms with Crippen molar-refractivity contribution in [2.45, 2.75) is 31.5 Å². The number of aliphatic hydroxyl groups excluding tert-OH is 1. The Morgan fingerprint density at radius 1 is 1.44 bits per heavy atom. The number of halogens is 1. The van der Waals surface area contributed by atoms with Gasteiger partial charge in [-0.05, 0) is 22.4 Å². The van der Waals surface area contributed by atoms with Gasteiger partial charge in [-0.2, -0.15) is 0 Å². The van der Waals surface area contributed by atoms with E-state index >= 15 is 0 Å². The molecule has 1 atom stereocenters. The molecule has 1 spiro atoms. The van der Waals surface area contributed by atoms with E-state index in [1.54, 1.807) is 24.9 Å². The van der Waals surface area contributed by atoms with E-state index < -0.39 is 17.7 Å². The molecule has 3 heterocycles. The maximum Gasteiger partial charge on any atom is 0.291 e. The fourth-order valence-corrected chi connectivity index (χ4v) is 3.52. The fraction of sp³-hybridized carbons (Fsp3) is 0.625. The minimum Gasteiger partial charge on any atom is -0.487 e. The van der Waals surface area contributed by atoms with E-state index in [-0.39, 0.29) is 34.6 Å². The molecule has 1 fully saturated rings. The van der Waals surface area contributed by atoms with E-state index in [1.807, 2.05) is 6.92 Å². The topological polar surface area (TPSA) is 84.2 Å². The van der Waals surface area contributed by atoms with Crippen LogP contribution in [0.15, 0.2) is 15.5 Å². The molecule has 8 nitrogen and oxygen atoms in total. The monoisotopic (exact) mass is 415 g/mol. The molecule has 0 aromatic carbocycles. The molecule has 9 heteroatoms. The Labute approximate surface area is 154 Å². The number of hydrazine groups is 1. The van der Waals surface area contributed by atoms with Gasteiger partial charge in [0.15, 0.2) is 17.7 Å². The Kier molecular flexibility index (Phi) is 4.93. The third kappa shape index (κ3) is 2.69. The zero-order valence-corrected chi connectivity index (χ0v) is 16.1. The largest absolute Gasteiger partial charge is 0.487 e. The van der Waals surface area contributed by atoms with Crippen molar-refractivity contribution in [2.24, 2.45) is 0 Å². The number of carbonyl (C=O) groups is 1. The van der Waals surface area contributed by atoms with Crippen LogP contribution < -0.4 is 10.2 Å². The molecule has 138 valence electrons. The second kappa shape index (κ2) is 6.71. The van der Waals surface area contributed by atoms with Crippen molar-refractivity contribution >= 4 is 21.8 Å². The third-order valence-corrected chi connectivity index (χ3v) is 5.17. The lowest BCUT2D eigenvalue weighted by atomic mass is 9.90. The maximum atomic E-state index is 13.0. The molecule has 3 rings (SSSR count). The number of nitrogens with zero attached hydrogens (tertiary/aromatic N) is 3. The van der Waals surface area contributed by atoms with Crippen molar-refractivity contribution in [3.63, 3.8) is 0 Å². The van der Waals surface area contributed by atoms with Crippen LogP contribution in [0.3, 0.4) is 0 Å². The van der Waals surface area contributed by atoms with Gasteiger partial charge in [0, 0.05) is 20.3 Å². The Morgan fingerprint density at radius 2 is 2.12 bits per heavy atom. The number of fused-ring (bicyclic) bond motifs is 2. The van der Waals surface area contributed by atoms with Gasteiger partial charge in [0.1, 0.15) is 5.54 Å². The zero-order valence-electron chi connectivity index (χ0n) is 14.5. The summed E-state index contributed by atoms with van der Waals surface area (Å²) in [6, 6.07) is 0. The van der Waals surface area contributed by atoms with E-state index in [1.165, 1.54) is 10.0 Å². The molecule has 1 aromatic heterocycles. The van der Waals surface area contributed by atoms with E-state index in [9.17, 15) is 14.7 Å². The van der Waals surface area contributed by atoms with E-state index in [0.717, 1.165) is 12.8 Å². The summed E-state index contributed by atoms with van der Waals surface area (Å²) >= 11 is 3.25. The van der Waals surface area contributed by atoms with Crippen LogP contribution in [0.1, 0.15) is 30.3 Å². The van der Waals surface area contributed by atoms with E-state index in [4.69, 9.17) is 9.47 Å². The smallest absolute Gasteiger partial charge is 0.291 e. The SMILES string of the molecule is CCCCOc1c2n(cc(Br)c1=O)C1(COC1)C(O)N(N(C)C)C2=O. The van der Waals surface area contributed by atoms with Gasteiger partial charge in [-0.15, -0.1) is 0 Å². The standard InChI is InChI=1S/C16H22BrN3O5/c1-4-5-6-25-13-11-14(22)20(18(2)3)15(23)16(8-24-9-16)19(11)7-10(17)12(13)21/h7,15,23H,4-6,8-9H2,1-3H3. The van der Waals surface area contributed by atoms with Gasteiger partial charge in [0.05, 0.1) is 24.3 Å². The normalized spacial score (nSPS) is 21.4. The van der Waals surface area contributed by atoms with Crippen molar-refractivity contribution in [1.82, 2.24) is 14.6 Å². The molecule has 0 radical (unpaired) electrons. The minimum absolute atomic E-state index is 0.0119. The Bertz CT molecular complexity index is 744. The van der Waals surface area contributed by atoms with Crippen molar-refractivity contribution in [1.29, 1.82) is 0 Å². The van der Waals surface area contributed by atoms with Gasteiger partial charge >= 0.3 is 0 Å². The van der Waals surface area contributed by atoms with Crippen molar-refractivity contribution in [3.8, 4) is 5.75 Å². The first kappa shape index (κ1) is 18.4. The van der Waals surface area contributed by atoms with Crippen LogP contribution >= 0.6 is 15.9 Å². The van der Waals surface area contributed by atoms with Crippen LogP contribution in [-0.4, -0.2) is 65.7 Å². The quantitative estimate of drug-likeness (QED) is 0.714. The summed E-state index contributed by atoms with van der Waals surface area (Å²) < 4.78 is 13.0. The zero-order chi connectivity index (χ0) is 18.4. The Morgan fingerprint density at radius 3 is 2.64 bits per heavy atom. The number of rotatable bonds is 5. The van der Waals surface area contributed by atoms with Gasteiger partial charge in [-0.1, -0.05) is 13.3 Å². The average Bonchev–Trinajstić information content (AvgIpc) is 2.49. The molecular weight excluding hydrogens is 394 g/mol. The van der Waals surface area contributed by atoms with Gasteiger partial charge < -0.3 is 19.1 Å². The predicted octanol–water partition coefficient (Wildman–Crippen LogP) is 0.766. The summed E-state index contributed by atoms with van der Waals surface area (Å²) in [6.45, 7) is 2.84. The Hall–Kier alpha value is -1.42. The summed E-state index contributed by atoms with van der Waals surface area (Å²) in [4.78, 5) is 25.6. The molecule has 1 saturated heterocycles. The number of carbonyl (C=O) groups excluding carboxylic acids is 1. The molecule has 2 aliphatic heterocycles. The number of unbranched alkanes of at least 4 members (excludes halogenated alkanes) is 1. The Balaban J connectivity index is 2.20. The molecule has 0 aliphatic carbocycles. The highest BCUT2D eigenvalue weighted by Crippen LogP contribution is 2.40. The van der Waals surface area contributed by atoms with Crippen LogP contribution in [0, 0.1) is 0 Å². The lowest BCUT2D eigenvalue weighted by molar-refractivity contribution is -0.231. The number of ether oxygens (including phenoxy) is 2. The lowest BCUT2D eigenvalue weighted by Gasteiger charge is -2.54. The third-order valence-electron chi connectivity index (χ3n) is 4.60. The van der Waals surface area contributed by atoms with Crippen molar-refractivity contribution < 1.29 is 19.4 Å². The molecular formula is C16H22BrN3O5. The van der Waals surface area contributed by atoms with Crippen LogP contribution in [0.5, 0.6) is 5.75 Å². The molecule has 0 saturated carbocycles. The van der Waals surface area contributed by atoms with Crippen molar-refractivity contribution in [3.05, 3.63) is 26.6 Å². The molecule has 1 amide bonds. The highest BCUT2D eigenvalue weighted by Gasteiger charge is 2.57. The summed E-state index contributed by atoms with van der Waals surface area (Å²) in [5.41, 5.74) is -1.07. The van der Waals surface area contributed by atoms with Gasteiger partial charge in [0.25, 0.3) is 5.91 Å². The fourth-order valence-electron chi connectivity index (χ4n) is 3.14. The minimum atomic E-state index is -1.10. The van der Waals surface area contributed by atoms with E-state index in [0.29, 0.717) is 6.61 Å². The van der Waals surface area contributed by atoms with Crippen LogP contribution in [0.25, 0.3) is 0 Å². The number of hydrogen-bond donors (Lipinski definition) is 1. The molecule has 1 aromatic rings. The van der Waals surface area contributed by atoms with Gasteiger partial charge in [-0.3, -0.25) is 9.59 Å².